The number of aromatic carboxylic acids is 1. The highest BCUT2D eigenvalue weighted by molar-refractivity contribution is 5.88. The Morgan fingerprint density at radius 2 is 2.00 bits per heavy atom. The van der Waals surface area contributed by atoms with E-state index in [1.807, 2.05) is 6.92 Å². The van der Waals surface area contributed by atoms with Crippen LogP contribution in [0.4, 0.5) is 14.5 Å². The van der Waals surface area contributed by atoms with Gasteiger partial charge in [-0.3, -0.25) is 0 Å². The van der Waals surface area contributed by atoms with Crippen LogP contribution < -0.4 is 5.32 Å². The SMILES string of the molecule is CCCC(C)(O)CNc1ccc(C(=O)O)c(F)c1F. The maximum absolute atomic E-state index is 13.6. The van der Waals surface area contributed by atoms with Gasteiger partial charge < -0.3 is 15.5 Å². The standard InChI is InChI=1S/C13H17F2NO3/c1-3-6-13(2,19)7-16-9-5-4-8(12(17)18)10(14)11(9)15/h4-5,16,19H,3,6-7H2,1-2H3,(H,17,18). The van der Waals surface area contributed by atoms with Gasteiger partial charge in [0.25, 0.3) is 0 Å². The molecule has 0 saturated heterocycles. The Hall–Kier alpha value is -1.69. The Balaban J connectivity index is 2.87. The van der Waals surface area contributed by atoms with E-state index in [2.05, 4.69) is 5.32 Å². The van der Waals surface area contributed by atoms with Gasteiger partial charge in [0.05, 0.1) is 16.9 Å². The number of benzene rings is 1. The van der Waals surface area contributed by atoms with Gasteiger partial charge in [-0.1, -0.05) is 13.3 Å². The summed E-state index contributed by atoms with van der Waals surface area (Å²) >= 11 is 0. The molecule has 0 radical (unpaired) electrons. The zero-order chi connectivity index (χ0) is 14.6. The predicted octanol–water partition coefficient (Wildman–Crippen LogP) is 2.63. The van der Waals surface area contributed by atoms with Crippen LogP contribution in [0.15, 0.2) is 12.1 Å². The number of carboxylic acids is 1. The quantitative estimate of drug-likeness (QED) is 0.745. The number of hydrogen-bond donors (Lipinski definition) is 3. The lowest BCUT2D eigenvalue weighted by atomic mass is 10.0. The van der Waals surface area contributed by atoms with Crippen LogP contribution in [0.2, 0.25) is 0 Å². The minimum absolute atomic E-state index is 0.0453. The smallest absolute Gasteiger partial charge is 0.338 e. The van der Waals surface area contributed by atoms with Crippen LogP contribution in [0.1, 0.15) is 37.0 Å². The maximum Gasteiger partial charge on any atom is 0.338 e. The fourth-order valence-electron chi connectivity index (χ4n) is 1.76. The van der Waals surface area contributed by atoms with Gasteiger partial charge in [0, 0.05) is 6.54 Å². The third kappa shape index (κ3) is 3.89. The van der Waals surface area contributed by atoms with Gasteiger partial charge in [0.15, 0.2) is 11.6 Å². The molecule has 0 fully saturated rings. The minimum Gasteiger partial charge on any atom is -0.478 e. The summed E-state index contributed by atoms with van der Waals surface area (Å²) in [6, 6.07) is 2.13. The molecule has 4 nitrogen and oxygen atoms in total. The molecule has 0 amide bonds. The molecule has 0 aliphatic rings. The lowest BCUT2D eigenvalue weighted by Crippen LogP contribution is -2.33. The van der Waals surface area contributed by atoms with E-state index < -0.39 is 28.8 Å². The number of aliphatic hydroxyl groups is 1. The molecule has 6 heteroatoms. The van der Waals surface area contributed by atoms with Crippen LogP contribution in [0, 0.1) is 11.6 Å². The molecule has 1 aromatic rings. The summed E-state index contributed by atoms with van der Waals surface area (Å²) < 4.78 is 27.0. The zero-order valence-electron chi connectivity index (χ0n) is 10.8. The van der Waals surface area contributed by atoms with E-state index in [1.54, 1.807) is 6.92 Å². The molecule has 0 spiro atoms. The second-order valence-corrected chi connectivity index (χ2v) is 4.69. The summed E-state index contributed by atoms with van der Waals surface area (Å²) in [5.41, 5.74) is -1.93. The molecule has 3 N–H and O–H groups in total. The van der Waals surface area contributed by atoms with Crippen molar-refractivity contribution in [1.29, 1.82) is 0 Å². The molecule has 0 saturated carbocycles. The fraction of sp³-hybridized carbons (Fsp3) is 0.462. The number of carboxylic acid groups (broad SMARTS) is 1. The van der Waals surface area contributed by atoms with Gasteiger partial charge in [0.2, 0.25) is 0 Å². The topological polar surface area (TPSA) is 69.6 Å². The molecule has 1 unspecified atom stereocenters. The van der Waals surface area contributed by atoms with E-state index in [-0.39, 0.29) is 12.2 Å². The van der Waals surface area contributed by atoms with Crippen molar-refractivity contribution >= 4 is 11.7 Å². The lowest BCUT2D eigenvalue weighted by Gasteiger charge is -2.23. The Kier molecular flexibility index (Phi) is 4.83. The first kappa shape index (κ1) is 15.4. The van der Waals surface area contributed by atoms with Gasteiger partial charge in [-0.15, -0.1) is 0 Å². The molecule has 0 aromatic heterocycles. The van der Waals surface area contributed by atoms with E-state index in [1.165, 1.54) is 0 Å². The molecule has 1 aromatic carbocycles. The van der Waals surface area contributed by atoms with Crippen molar-refractivity contribution < 1.29 is 23.8 Å². The van der Waals surface area contributed by atoms with Crippen LogP contribution in [0.3, 0.4) is 0 Å². The van der Waals surface area contributed by atoms with Crippen molar-refractivity contribution in [2.75, 3.05) is 11.9 Å². The third-order valence-corrected chi connectivity index (χ3v) is 2.76. The molecule has 19 heavy (non-hydrogen) atoms. The maximum atomic E-state index is 13.6. The van der Waals surface area contributed by atoms with Crippen LogP contribution in [-0.4, -0.2) is 28.3 Å². The second kappa shape index (κ2) is 5.97. The van der Waals surface area contributed by atoms with Crippen molar-refractivity contribution in [3.8, 4) is 0 Å². The van der Waals surface area contributed by atoms with Crippen LogP contribution >= 0.6 is 0 Å². The number of nitrogens with one attached hydrogen (secondary N) is 1. The van der Waals surface area contributed by atoms with E-state index in [9.17, 15) is 18.7 Å². The molecule has 0 aliphatic carbocycles. The number of hydrogen-bond acceptors (Lipinski definition) is 3. The zero-order valence-corrected chi connectivity index (χ0v) is 10.8. The number of rotatable bonds is 6. The first-order valence-corrected chi connectivity index (χ1v) is 5.96. The largest absolute Gasteiger partial charge is 0.478 e. The van der Waals surface area contributed by atoms with Crippen molar-refractivity contribution in [2.45, 2.75) is 32.3 Å². The van der Waals surface area contributed by atoms with E-state index in [0.717, 1.165) is 18.6 Å². The highest BCUT2D eigenvalue weighted by Gasteiger charge is 2.22. The second-order valence-electron chi connectivity index (χ2n) is 4.69. The van der Waals surface area contributed by atoms with Crippen molar-refractivity contribution in [1.82, 2.24) is 0 Å². The molecule has 1 atom stereocenters. The average molecular weight is 273 g/mol. The summed E-state index contributed by atoms with van der Waals surface area (Å²) in [6.45, 7) is 3.53. The molecule has 0 heterocycles. The number of anilines is 1. The van der Waals surface area contributed by atoms with E-state index in [0.29, 0.717) is 6.42 Å². The molecule has 1 rings (SSSR count). The molecule has 0 aliphatic heterocycles. The van der Waals surface area contributed by atoms with Gasteiger partial charge in [-0.05, 0) is 25.5 Å². The predicted molar refractivity (Wildman–Crippen MR) is 67.3 cm³/mol. The minimum atomic E-state index is -1.53. The summed E-state index contributed by atoms with van der Waals surface area (Å²) in [4.78, 5) is 10.6. The summed E-state index contributed by atoms with van der Waals surface area (Å²) in [7, 11) is 0. The Bertz CT molecular complexity index is 475. The molecular weight excluding hydrogens is 256 g/mol. The van der Waals surface area contributed by atoms with Gasteiger partial charge in [-0.2, -0.15) is 0 Å². The average Bonchev–Trinajstić information content (AvgIpc) is 2.30. The normalized spacial score (nSPS) is 13.9. The number of carbonyl (C=O) groups is 1. The highest BCUT2D eigenvalue weighted by Crippen LogP contribution is 2.22. The summed E-state index contributed by atoms with van der Waals surface area (Å²) in [5.74, 6) is -4.19. The molecule has 0 bridgehead atoms. The van der Waals surface area contributed by atoms with Crippen LogP contribution in [-0.2, 0) is 0 Å². The van der Waals surface area contributed by atoms with Crippen LogP contribution in [0.5, 0.6) is 0 Å². The first-order valence-electron chi connectivity index (χ1n) is 5.96. The van der Waals surface area contributed by atoms with E-state index in [4.69, 9.17) is 5.11 Å². The summed E-state index contributed by atoms with van der Waals surface area (Å²) in [5, 5.41) is 21.1. The van der Waals surface area contributed by atoms with Crippen molar-refractivity contribution in [2.24, 2.45) is 0 Å². The Labute approximate surface area is 110 Å². The lowest BCUT2D eigenvalue weighted by molar-refractivity contribution is 0.0634. The van der Waals surface area contributed by atoms with Gasteiger partial charge >= 0.3 is 5.97 Å². The van der Waals surface area contributed by atoms with Gasteiger partial charge in [0.1, 0.15) is 0 Å². The monoisotopic (exact) mass is 273 g/mol. The first-order chi connectivity index (χ1) is 8.78. The summed E-state index contributed by atoms with van der Waals surface area (Å²) in [6.07, 6.45) is 1.26. The number of halogens is 2. The Morgan fingerprint density at radius 1 is 1.37 bits per heavy atom. The van der Waals surface area contributed by atoms with Gasteiger partial charge in [-0.25, -0.2) is 13.6 Å². The highest BCUT2D eigenvalue weighted by atomic mass is 19.2. The molecule has 106 valence electrons. The van der Waals surface area contributed by atoms with Crippen molar-refractivity contribution in [3.63, 3.8) is 0 Å². The third-order valence-electron chi connectivity index (χ3n) is 2.76. The van der Waals surface area contributed by atoms with Crippen LogP contribution in [0.25, 0.3) is 0 Å². The molecular formula is C13H17F2NO3. The fourth-order valence-corrected chi connectivity index (χ4v) is 1.76. The Morgan fingerprint density at radius 3 is 2.53 bits per heavy atom. The van der Waals surface area contributed by atoms with Crippen molar-refractivity contribution in [3.05, 3.63) is 29.3 Å². The van der Waals surface area contributed by atoms with E-state index >= 15 is 0 Å².